The molecule has 1 fully saturated rings. The van der Waals surface area contributed by atoms with Crippen LogP contribution in [-0.4, -0.2) is 28.3 Å². The molecule has 0 bridgehead atoms. The van der Waals surface area contributed by atoms with Gasteiger partial charge in [-0.3, -0.25) is 0 Å². The van der Waals surface area contributed by atoms with Crippen molar-refractivity contribution in [3.05, 3.63) is 11.7 Å². The van der Waals surface area contributed by atoms with Crippen LogP contribution >= 0.6 is 11.8 Å². The summed E-state index contributed by atoms with van der Waals surface area (Å²) >= 11 is 1.84. The van der Waals surface area contributed by atoms with E-state index in [4.69, 9.17) is 15.0 Å². The number of hydrogen-bond donors (Lipinski definition) is 1. The highest BCUT2D eigenvalue weighted by molar-refractivity contribution is 7.99. The van der Waals surface area contributed by atoms with E-state index in [-0.39, 0.29) is 12.1 Å². The molecule has 0 amide bonds. The fraction of sp³-hybridized carbons (Fsp3) is 0.750. The summed E-state index contributed by atoms with van der Waals surface area (Å²) < 4.78 is 10.5. The molecule has 6 heteroatoms. The highest BCUT2D eigenvalue weighted by Crippen LogP contribution is 2.24. The van der Waals surface area contributed by atoms with Crippen molar-refractivity contribution in [1.29, 1.82) is 0 Å². The average Bonchev–Trinajstić information content (AvgIpc) is 2.68. The molecule has 78 valence electrons. The summed E-state index contributed by atoms with van der Waals surface area (Å²) in [6.07, 6.45) is -0.0370. The zero-order valence-electron chi connectivity index (χ0n) is 7.97. The number of hydrogen-bond acceptors (Lipinski definition) is 6. The first-order chi connectivity index (χ1) is 6.77. The lowest BCUT2D eigenvalue weighted by Gasteiger charge is -2.18. The number of rotatable bonds is 2. The molecule has 2 N–H and O–H groups in total. The first-order valence-electron chi connectivity index (χ1n) is 4.56. The van der Waals surface area contributed by atoms with Crippen LogP contribution in [0.4, 0.5) is 0 Å². The summed E-state index contributed by atoms with van der Waals surface area (Å²) in [5, 5.41) is 3.86. The molecule has 1 aliphatic heterocycles. The van der Waals surface area contributed by atoms with Crippen LogP contribution in [0.5, 0.6) is 0 Å². The number of thioether (sulfide) groups is 1. The quantitative estimate of drug-likeness (QED) is 0.789. The standard InChI is InChI=1S/C8H13N3O2S/c1-5(9)8-10-7(11-13-8)6-4-14-3-2-12-6/h5-6H,2-4,9H2,1H3/t5-,6?/m0/s1. The van der Waals surface area contributed by atoms with Crippen LogP contribution in [0.25, 0.3) is 0 Å². The number of nitrogens with two attached hydrogens (primary N) is 1. The summed E-state index contributed by atoms with van der Waals surface area (Å²) in [5.41, 5.74) is 5.61. The van der Waals surface area contributed by atoms with Gasteiger partial charge in [0.15, 0.2) is 0 Å². The maximum atomic E-state index is 5.61. The summed E-state index contributed by atoms with van der Waals surface area (Å²) in [7, 11) is 0. The zero-order valence-corrected chi connectivity index (χ0v) is 8.79. The molecule has 0 aromatic carbocycles. The third-order valence-electron chi connectivity index (χ3n) is 1.95. The van der Waals surface area contributed by atoms with Crippen molar-refractivity contribution in [2.45, 2.75) is 19.1 Å². The maximum absolute atomic E-state index is 5.61. The van der Waals surface area contributed by atoms with Crippen LogP contribution in [0.3, 0.4) is 0 Å². The highest BCUT2D eigenvalue weighted by atomic mass is 32.2. The van der Waals surface area contributed by atoms with Gasteiger partial charge in [-0.2, -0.15) is 16.7 Å². The lowest BCUT2D eigenvalue weighted by atomic mass is 10.3. The fourth-order valence-electron chi connectivity index (χ4n) is 1.20. The maximum Gasteiger partial charge on any atom is 0.243 e. The second-order valence-electron chi connectivity index (χ2n) is 3.21. The summed E-state index contributed by atoms with van der Waals surface area (Å²) in [6, 6.07) is -0.215. The van der Waals surface area contributed by atoms with Crippen LogP contribution in [0.15, 0.2) is 4.52 Å². The molecule has 1 aliphatic rings. The van der Waals surface area contributed by atoms with E-state index < -0.39 is 0 Å². The number of aromatic nitrogens is 2. The molecule has 5 nitrogen and oxygen atoms in total. The van der Waals surface area contributed by atoms with Crippen LogP contribution in [0.1, 0.15) is 30.8 Å². The third kappa shape index (κ3) is 2.08. The lowest BCUT2D eigenvalue weighted by molar-refractivity contribution is 0.0677. The summed E-state index contributed by atoms with van der Waals surface area (Å²) in [5.74, 6) is 3.01. The van der Waals surface area contributed by atoms with Crippen molar-refractivity contribution < 1.29 is 9.26 Å². The van der Waals surface area contributed by atoms with E-state index >= 15 is 0 Å². The molecular formula is C8H13N3O2S. The minimum absolute atomic E-state index is 0.0370. The Morgan fingerprint density at radius 2 is 2.50 bits per heavy atom. The van der Waals surface area contributed by atoms with Gasteiger partial charge < -0.3 is 15.0 Å². The van der Waals surface area contributed by atoms with E-state index in [0.717, 1.165) is 18.1 Å². The van der Waals surface area contributed by atoms with Gasteiger partial charge in [0.1, 0.15) is 6.10 Å². The molecule has 0 saturated carbocycles. The minimum Gasteiger partial charge on any atom is -0.368 e. The van der Waals surface area contributed by atoms with E-state index in [1.54, 1.807) is 0 Å². The van der Waals surface area contributed by atoms with E-state index in [0.29, 0.717) is 11.7 Å². The van der Waals surface area contributed by atoms with Gasteiger partial charge in [0.25, 0.3) is 0 Å². The largest absolute Gasteiger partial charge is 0.368 e. The van der Waals surface area contributed by atoms with Gasteiger partial charge in [0.2, 0.25) is 11.7 Å². The van der Waals surface area contributed by atoms with Crippen molar-refractivity contribution in [2.75, 3.05) is 18.1 Å². The monoisotopic (exact) mass is 215 g/mol. The third-order valence-corrected chi connectivity index (χ3v) is 2.94. The van der Waals surface area contributed by atoms with Gasteiger partial charge in [0.05, 0.1) is 12.6 Å². The molecule has 1 aromatic heterocycles. The average molecular weight is 215 g/mol. The number of ether oxygens (including phenoxy) is 1. The Balaban J connectivity index is 2.07. The van der Waals surface area contributed by atoms with E-state index in [1.165, 1.54) is 0 Å². The summed E-state index contributed by atoms with van der Waals surface area (Å²) in [4.78, 5) is 4.19. The Bertz CT molecular complexity index is 297. The molecule has 2 heterocycles. The van der Waals surface area contributed by atoms with Crippen LogP contribution < -0.4 is 5.73 Å². The van der Waals surface area contributed by atoms with Crippen molar-refractivity contribution in [2.24, 2.45) is 5.73 Å². The molecule has 2 rings (SSSR count). The molecule has 0 radical (unpaired) electrons. The molecule has 2 atom stereocenters. The van der Waals surface area contributed by atoms with Gasteiger partial charge >= 0.3 is 0 Å². The topological polar surface area (TPSA) is 74.2 Å². The van der Waals surface area contributed by atoms with Gasteiger partial charge in [-0.15, -0.1) is 0 Å². The van der Waals surface area contributed by atoms with Gasteiger partial charge in [-0.1, -0.05) is 5.16 Å². The van der Waals surface area contributed by atoms with Gasteiger partial charge in [0, 0.05) is 11.5 Å². The first-order valence-corrected chi connectivity index (χ1v) is 5.71. The Hall–Kier alpha value is -0.590. The fourth-order valence-corrected chi connectivity index (χ4v) is 2.04. The van der Waals surface area contributed by atoms with Gasteiger partial charge in [-0.25, -0.2) is 0 Å². The second-order valence-corrected chi connectivity index (χ2v) is 4.36. The molecule has 0 aliphatic carbocycles. The van der Waals surface area contributed by atoms with Gasteiger partial charge in [-0.05, 0) is 6.92 Å². The Labute approximate surface area is 86.4 Å². The van der Waals surface area contributed by atoms with E-state index in [9.17, 15) is 0 Å². The molecule has 0 spiro atoms. The Kier molecular flexibility index (Phi) is 3.05. The predicted molar refractivity (Wildman–Crippen MR) is 52.9 cm³/mol. The lowest BCUT2D eigenvalue weighted by Crippen LogP contribution is -2.17. The van der Waals surface area contributed by atoms with Crippen molar-refractivity contribution in [1.82, 2.24) is 10.1 Å². The smallest absolute Gasteiger partial charge is 0.243 e. The van der Waals surface area contributed by atoms with E-state index in [2.05, 4.69) is 10.1 Å². The zero-order chi connectivity index (χ0) is 9.97. The Morgan fingerprint density at radius 1 is 1.64 bits per heavy atom. The number of nitrogens with zero attached hydrogens (tertiary/aromatic N) is 2. The molecule has 1 aromatic rings. The molecule has 1 saturated heterocycles. The minimum atomic E-state index is -0.215. The van der Waals surface area contributed by atoms with Crippen LogP contribution in [-0.2, 0) is 4.74 Å². The van der Waals surface area contributed by atoms with Crippen LogP contribution in [0, 0.1) is 0 Å². The Morgan fingerprint density at radius 3 is 3.07 bits per heavy atom. The highest BCUT2D eigenvalue weighted by Gasteiger charge is 2.22. The van der Waals surface area contributed by atoms with Crippen molar-refractivity contribution in [3.8, 4) is 0 Å². The molecular weight excluding hydrogens is 202 g/mol. The van der Waals surface area contributed by atoms with E-state index in [1.807, 2.05) is 18.7 Å². The van der Waals surface area contributed by atoms with Crippen molar-refractivity contribution in [3.63, 3.8) is 0 Å². The summed E-state index contributed by atoms with van der Waals surface area (Å²) in [6.45, 7) is 2.56. The SMILES string of the molecule is C[C@H](N)c1nc(C2CSCCO2)no1. The molecule has 14 heavy (non-hydrogen) atoms. The normalized spacial score (nSPS) is 24.9. The second kappa shape index (κ2) is 4.29. The first kappa shape index (κ1) is 9.95. The molecule has 1 unspecified atom stereocenters. The van der Waals surface area contributed by atoms with Crippen LogP contribution in [0.2, 0.25) is 0 Å². The predicted octanol–water partition coefficient (Wildman–Crippen LogP) is 0.894. The van der Waals surface area contributed by atoms with Crippen molar-refractivity contribution >= 4 is 11.8 Å².